The van der Waals surface area contributed by atoms with Gasteiger partial charge in [-0.1, -0.05) is 66.7 Å². The van der Waals surface area contributed by atoms with E-state index in [0.717, 1.165) is 22.3 Å². The van der Waals surface area contributed by atoms with Gasteiger partial charge in [0.1, 0.15) is 17.4 Å². The zero-order valence-corrected chi connectivity index (χ0v) is 24.8. The van der Waals surface area contributed by atoms with Crippen LogP contribution >= 0.6 is 0 Å². The van der Waals surface area contributed by atoms with Gasteiger partial charge in [0.25, 0.3) is 0 Å². The van der Waals surface area contributed by atoms with Crippen molar-refractivity contribution in [3.63, 3.8) is 0 Å². The van der Waals surface area contributed by atoms with E-state index in [1.165, 1.54) is 12.1 Å². The van der Waals surface area contributed by atoms with Crippen LogP contribution in [-0.4, -0.2) is 46.3 Å². The molecule has 0 radical (unpaired) electrons. The van der Waals surface area contributed by atoms with Crippen molar-refractivity contribution in [1.29, 1.82) is 5.41 Å². The van der Waals surface area contributed by atoms with Crippen molar-refractivity contribution >= 4 is 23.5 Å². The maximum Gasteiger partial charge on any atom is 0.408 e. The highest BCUT2D eigenvalue weighted by atomic mass is 16.6. The maximum atomic E-state index is 13.6. The molecular formula is C34H41N3O5. The Labute approximate surface area is 248 Å². The molecule has 8 heteroatoms. The number of phenolic OH excluding ortho intramolecular Hbond substituents is 1. The lowest BCUT2D eigenvalue weighted by atomic mass is 9.96. The van der Waals surface area contributed by atoms with E-state index in [1.807, 2.05) is 54.6 Å². The minimum Gasteiger partial charge on any atom is -0.508 e. The summed E-state index contributed by atoms with van der Waals surface area (Å²) in [6.45, 7) is 6.97. The molecule has 8 nitrogen and oxygen atoms in total. The average molecular weight is 572 g/mol. The Morgan fingerprint density at radius 3 is 2.00 bits per heavy atom. The number of hydrogen-bond donors (Lipinski definition) is 4. The predicted molar refractivity (Wildman–Crippen MR) is 164 cm³/mol. The first-order valence-corrected chi connectivity index (χ1v) is 14.2. The normalized spacial score (nSPS) is 12.6. The minimum atomic E-state index is -0.924. The van der Waals surface area contributed by atoms with Crippen LogP contribution in [0.3, 0.4) is 0 Å². The molecule has 2 atom stereocenters. The molecule has 0 aliphatic rings. The smallest absolute Gasteiger partial charge is 0.408 e. The molecule has 0 spiro atoms. The summed E-state index contributed by atoms with van der Waals surface area (Å²) >= 11 is 0. The highest BCUT2D eigenvalue weighted by Crippen LogP contribution is 2.15. The molecule has 0 fully saturated rings. The van der Waals surface area contributed by atoms with E-state index in [1.54, 1.807) is 39.8 Å². The molecule has 0 aromatic heterocycles. The van der Waals surface area contributed by atoms with Crippen molar-refractivity contribution in [1.82, 2.24) is 10.6 Å². The summed E-state index contributed by atoms with van der Waals surface area (Å²) in [6, 6.07) is 21.9. The fourth-order valence-electron chi connectivity index (χ4n) is 4.42. The number of hydrogen-bond acceptors (Lipinski definition) is 6. The van der Waals surface area contributed by atoms with Gasteiger partial charge in [0, 0.05) is 12.1 Å². The second-order valence-corrected chi connectivity index (χ2v) is 11.4. The van der Waals surface area contributed by atoms with Crippen molar-refractivity contribution < 1.29 is 24.2 Å². The van der Waals surface area contributed by atoms with Crippen LogP contribution in [0.5, 0.6) is 5.75 Å². The fraction of sp³-hybridized carbons (Fsp3) is 0.353. The van der Waals surface area contributed by atoms with Crippen molar-refractivity contribution in [2.24, 2.45) is 0 Å². The lowest BCUT2D eigenvalue weighted by Crippen LogP contribution is -2.53. The van der Waals surface area contributed by atoms with Gasteiger partial charge in [0.05, 0.1) is 6.04 Å². The number of alkyl carbamates (subject to hydrolysis) is 1. The van der Waals surface area contributed by atoms with Gasteiger partial charge in [-0.3, -0.25) is 9.59 Å². The van der Waals surface area contributed by atoms with Gasteiger partial charge in [0.2, 0.25) is 5.91 Å². The van der Waals surface area contributed by atoms with Crippen molar-refractivity contribution in [3.05, 3.63) is 101 Å². The molecule has 42 heavy (non-hydrogen) atoms. The van der Waals surface area contributed by atoms with E-state index in [0.29, 0.717) is 25.0 Å². The third-order valence-corrected chi connectivity index (χ3v) is 6.70. The Kier molecular flexibility index (Phi) is 11.4. The van der Waals surface area contributed by atoms with Gasteiger partial charge in [-0.15, -0.1) is 0 Å². The number of aryl methyl sites for hydroxylation is 2. The predicted octanol–water partition coefficient (Wildman–Crippen LogP) is 5.54. The number of carbonyl (C=O) groups excluding carboxylic acids is 3. The van der Waals surface area contributed by atoms with Gasteiger partial charge in [-0.2, -0.15) is 0 Å². The van der Waals surface area contributed by atoms with E-state index >= 15 is 0 Å². The van der Waals surface area contributed by atoms with E-state index in [4.69, 9.17) is 10.1 Å². The van der Waals surface area contributed by atoms with Crippen molar-refractivity contribution in [2.75, 3.05) is 0 Å². The van der Waals surface area contributed by atoms with Crippen LogP contribution in [0.4, 0.5) is 4.79 Å². The average Bonchev–Trinajstić information content (AvgIpc) is 2.94. The van der Waals surface area contributed by atoms with Gasteiger partial charge < -0.3 is 25.9 Å². The maximum absolute atomic E-state index is 13.6. The molecule has 0 heterocycles. The number of aromatic hydroxyl groups is 1. The molecule has 3 aromatic carbocycles. The Morgan fingerprint density at radius 2 is 1.40 bits per heavy atom. The quantitative estimate of drug-likeness (QED) is 0.200. The van der Waals surface area contributed by atoms with Crippen LogP contribution in [-0.2, 0) is 33.6 Å². The number of rotatable bonds is 13. The zero-order valence-electron chi connectivity index (χ0n) is 24.8. The monoisotopic (exact) mass is 571 g/mol. The number of carbonyl (C=O) groups is 3. The van der Waals surface area contributed by atoms with Crippen molar-refractivity contribution in [3.8, 4) is 5.75 Å². The standard InChI is InChI=1S/C34H41N3O5/c1-23(35)27-16-10-25(11-17-27)15-21-31(39)30(22-26-12-18-28(38)19-13-26)36-32(40)29(37-33(41)42-34(2,3)4)20-14-24-8-6-5-7-9-24/h5-13,16-19,29-30,35,38H,14-15,20-22H2,1-4H3,(H,36,40)(H,37,41)/t29-,30+/m1/s1. The molecule has 0 saturated heterocycles. The van der Waals surface area contributed by atoms with Crippen molar-refractivity contribution in [2.45, 2.75) is 77.5 Å². The van der Waals surface area contributed by atoms with E-state index < -0.39 is 29.7 Å². The highest BCUT2D eigenvalue weighted by Gasteiger charge is 2.28. The molecule has 3 rings (SSSR count). The molecule has 3 aromatic rings. The number of benzene rings is 3. The van der Waals surface area contributed by atoms with E-state index in [2.05, 4.69) is 10.6 Å². The largest absolute Gasteiger partial charge is 0.508 e. The number of nitrogens with one attached hydrogen (secondary N) is 3. The number of ketones is 1. The second-order valence-electron chi connectivity index (χ2n) is 11.4. The lowest BCUT2D eigenvalue weighted by molar-refractivity contribution is -0.129. The fourth-order valence-corrected chi connectivity index (χ4v) is 4.42. The molecule has 2 amide bonds. The molecule has 0 saturated carbocycles. The van der Waals surface area contributed by atoms with Crippen LogP contribution in [0.2, 0.25) is 0 Å². The van der Waals surface area contributed by atoms with Gasteiger partial charge in [-0.05, 0) is 87.8 Å². The molecule has 0 unspecified atom stereocenters. The summed E-state index contributed by atoms with van der Waals surface area (Å²) in [7, 11) is 0. The summed E-state index contributed by atoms with van der Waals surface area (Å²) < 4.78 is 5.41. The SMILES string of the molecule is CC(=N)c1ccc(CCC(=O)[C@H](Cc2ccc(O)cc2)NC(=O)[C@@H](CCc2ccccc2)NC(=O)OC(C)(C)C)cc1. The Bertz CT molecular complexity index is 1350. The number of ether oxygens (including phenoxy) is 1. The summed E-state index contributed by atoms with van der Waals surface area (Å²) in [6.07, 6.45) is 1.05. The molecule has 0 aliphatic carbocycles. The van der Waals surface area contributed by atoms with Crippen LogP contribution in [0.15, 0.2) is 78.9 Å². The number of Topliss-reactive ketones (excluding diaryl/α,β-unsaturated/α-hetero) is 1. The third kappa shape index (κ3) is 10.8. The van der Waals surface area contributed by atoms with Crippen LogP contribution in [0.1, 0.15) is 62.8 Å². The summed E-state index contributed by atoms with van der Waals surface area (Å²) in [5, 5.41) is 23.1. The van der Waals surface area contributed by atoms with Gasteiger partial charge in [0.15, 0.2) is 5.78 Å². The molecular weight excluding hydrogens is 530 g/mol. The lowest BCUT2D eigenvalue weighted by Gasteiger charge is -2.25. The van der Waals surface area contributed by atoms with Gasteiger partial charge >= 0.3 is 6.09 Å². The van der Waals surface area contributed by atoms with Crippen LogP contribution in [0, 0.1) is 5.41 Å². The first-order valence-electron chi connectivity index (χ1n) is 14.2. The molecule has 0 aliphatic heterocycles. The van der Waals surface area contributed by atoms with Crippen LogP contribution in [0.25, 0.3) is 0 Å². The zero-order chi connectivity index (χ0) is 30.7. The topological polar surface area (TPSA) is 129 Å². The van der Waals surface area contributed by atoms with E-state index in [-0.39, 0.29) is 24.4 Å². The summed E-state index contributed by atoms with van der Waals surface area (Å²) in [5.41, 5.74) is 3.30. The van der Waals surface area contributed by atoms with E-state index in [9.17, 15) is 19.5 Å². The summed E-state index contributed by atoms with van der Waals surface area (Å²) in [4.78, 5) is 39.7. The Hall–Kier alpha value is -4.46. The third-order valence-electron chi connectivity index (χ3n) is 6.70. The van der Waals surface area contributed by atoms with Gasteiger partial charge in [-0.25, -0.2) is 4.79 Å². The number of amides is 2. The molecule has 0 bridgehead atoms. The first kappa shape index (κ1) is 32.1. The Balaban J connectivity index is 1.77. The highest BCUT2D eigenvalue weighted by molar-refractivity contribution is 5.96. The second kappa shape index (κ2) is 15.0. The number of phenols is 1. The summed E-state index contributed by atoms with van der Waals surface area (Å²) in [5.74, 6) is -0.514. The Morgan fingerprint density at radius 1 is 0.810 bits per heavy atom. The molecule has 4 N–H and O–H groups in total. The minimum absolute atomic E-state index is 0.108. The first-order chi connectivity index (χ1) is 19.9. The van der Waals surface area contributed by atoms with Crippen LogP contribution < -0.4 is 10.6 Å². The molecule has 222 valence electrons.